The molecule has 1 saturated carbocycles. The first-order valence-electron chi connectivity index (χ1n) is 6.97. The Morgan fingerprint density at radius 3 is 2.56 bits per heavy atom. The van der Waals surface area contributed by atoms with Crippen molar-refractivity contribution < 1.29 is 0 Å². The van der Waals surface area contributed by atoms with Crippen LogP contribution in [0.3, 0.4) is 0 Å². The Labute approximate surface area is 108 Å². The van der Waals surface area contributed by atoms with E-state index < -0.39 is 0 Å². The minimum atomic E-state index is 0.152. The second-order valence-electron chi connectivity index (χ2n) is 5.55. The van der Waals surface area contributed by atoms with Crippen LogP contribution in [0, 0.1) is 11.3 Å². The van der Waals surface area contributed by atoms with E-state index in [9.17, 15) is 0 Å². The van der Waals surface area contributed by atoms with Crippen molar-refractivity contribution >= 4 is 11.5 Å². The molecule has 1 aliphatic heterocycles. The van der Waals surface area contributed by atoms with Gasteiger partial charge in [0.15, 0.2) is 0 Å². The average molecular weight is 243 g/mol. The molecule has 0 spiro atoms. The van der Waals surface area contributed by atoms with Crippen molar-refractivity contribution in [2.24, 2.45) is 11.7 Å². The van der Waals surface area contributed by atoms with E-state index in [1.54, 1.807) is 0 Å². The summed E-state index contributed by atoms with van der Waals surface area (Å²) in [6.45, 7) is 1.18. The van der Waals surface area contributed by atoms with Crippen LogP contribution in [-0.2, 0) is 0 Å². The van der Waals surface area contributed by atoms with Crippen molar-refractivity contribution in [1.29, 1.82) is 5.41 Å². The van der Waals surface area contributed by atoms with Gasteiger partial charge >= 0.3 is 0 Å². The van der Waals surface area contributed by atoms with Gasteiger partial charge in [0.2, 0.25) is 0 Å². The number of nitrogens with one attached hydrogen (secondary N) is 1. The van der Waals surface area contributed by atoms with Gasteiger partial charge in [0.25, 0.3) is 0 Å². The minimum absolute atomic E-state index is 0.152. The highest BCUT2D eigenvalue weighted by atomic mass is 15.2. The first kappa shape index (κ1) is 11.6. The van der Waals surface area contributed by atoms with E-state index in [2.05, 4.69) is 17.0 Å². The number of anilines is 1. The first-order valence-corrected chi connectivity index (χ1v) is 6.97. The molecule has 1 aliphatic carbocycles. The molecule has 0 radical (unpaired) electrons. The smallest absolute Gasteiger partial charge is 0.122 e. The highest BCUT2D eigenvalue weighted by Crippen LogP contribution is 2.39. The molecule has 1 aromatic carbocycles. The number of nitrogens with two attached hydrogens (primary N) is 1. The molecule has 3 heteroatoms. The topological polar surface area (TPSA) is 53.1 Å². The quantitative estimate of drug-likeness (QED) is 0.620. The zero-order valence-corrected chi connectivity index (χ0v) is 10.7. The van der Waals surface area contributed by atoms with Gasteiger partial charge in [0, 0.05) is 23.8 Å². The van der Waals surface area contributed by atoms with Crippen LogP contribution in [0.2, 0.25) is 0 Å². The SMILES string of the molecule is N=C(N)c1ccc(N2CCCC3CCCC32)cc1. The van der Waals surface area contributed by atoms with Gasteiger partial charge in [0.05, 0.1) is 0 Å². The van der Waals surface area contributed by atoms with Crippen LogP contribution in [0.5, 0.6) is 0 Å². The molecule has 2 unspecified atom stereocenters. The van der Waals surface area contributed by atoms with Crippen molar-refractivity contribution in [1.82, 2.24) is 0 Å². The van der Waals surface area contributed by atoms with Gasteiger partial charge < -0.3 is 10.6 Å². The van der Waals surface area contributed by atoms with Crippen molar-refractivity contribution in [2.45, 2.75) is 38.1 Å². The molecule has 3 N–H and O–H groups in total. The molecule has 0 amide bonds. The summed E-state index contributed by atoms with van der Waals surface area (Å²) in [6, 6.07) is 8.93. The van der Waals surface area contributed by atoms with Gasteiger partial charge in [-0.3, -0.25) is 5.41 Å². The fourth-order valence-electron chi connectivity index (χ4n) is 3.61. The Kier molecular flexibility index (Phi) is 2.98. The molecule has 2 fully saturated rings. The van der Waals surface area contributed by atoms with E-state index in [0.717, 1.165) is 17.5 Å². The highest BCUT2D eigenvalue weighted by molar-refractivity contribution is 5.95. The summed E-state index contributed by atoms with van der Waals surface area (Å²) in [5, 5.41) is 7.43. The van der Waals surface area contributed by atoms with Crippen molar-refractivity contribution in [3.63, 3.8) is 0 Å². The summed E-state index contributed by atoms with van der Waals surface area (Å²) in [4.78, 5) is 2.57. The number of amidine groups is 1. The van der Waals surface area contributed by atoms with E-state index in [0.29, 0.717) is 0 Å². The summed E-state index contributed by atoms with van der Waals surface area (Å²) in [6.07, 6.45) is 6.87. The van der Waals surface area contributed by atoms with Gasteiger partial charge in [-0.05, 0) is 55.9 Å². The minimum Gasteiger partial charge on any atom is -0.384 e. The third-order valence-electron chi connectivity index (χ3n) is 4.50. The maximum Gasteiger partial charge on any atom is 0.122 e. The highest BCUT2D eigenvalue weighted by Gasteiger charge is 2.34. The first-order chi connectivity index (χ1) is 8.75. The predicted octanol–water partition coefficient (Wildman–Crippen LogP) is 2.74. The molecule has 0 aromatic heterocycles. The second kappa shape index (κ2) is 4.63. The van der Waals surface area contributed by atoms with E-state index in [1.165, 1.54) is 44.3 Å². The summed E-state index contributed by atoms with van der Waals surface area (Å²) in [5.41, 5.74) is 7.62. The van der Waals surface area contributed by atoms with Crippen LogP contribution in [0.1, 0.15) is 37.7 Å². The van der Waals surface area contributed by atoms with Gasteiger partial charge in [-0.15, -0.1) is 0 Å². The lowest BCUT2D eigenvalue weighted by Gasteiger charge is -2.39. The molecule has 0 bridgehead atoms. The van der Waals surface area contributed by atoms with Gasteiger partial charge in [-0.1, -0.05) is 6.42 Å². The fraction of sp³-hybridized carbons (Fsp3) is 0.533. The number of nitrogens with zero attached hydrogens (tertiary/aromatic N) is 1. The van der Waals surface area contributed by atoms with Gasteiger partial charge in [-0.25, -0.2) is 0 Å². The lowest BCUT2D eigenvalue weighted by Crippen LogP contribution is -2.42. The zero-order valence-electron chi connectivity index (χ0n) is 10.7. The molecule has 2 aliphatic rings. The molecule has 3 rings (SSSR count). The van der Waals surface area contributed by atoms with Crippen LogP contribution >= 0.6 is 0 Å². The Bertz CT molecular complexity index is 438. The molecule has 96 valence electrons. The number of hydrogen-bond donors (Lipinski definition) is 2. The largest absolute Gasteiger partial charge is 0.384 e. The standard InChI is InChI=1S/C15H21N3/c16-15(17)12-6-8-13(9-7-12)18-10-2-4-11-3-1-5-14(11)18/h6-9,11,14H,1-5,10H2,(H3,16,17). The van der Waals surface area contributed by atoms with Crippen LogP contribution in [-0.4, -0.2) is 18.4 Å². The molecule has 1 aromatic rings. The number of rotatable bonds is 2. The summed E-state index contributed by atoms with van der Waals surface area (Å²) < 4.78 is 0. The van der Waals surface area contributed by atoms with Gasteiger partial charge in [-0.2, -0.15) is 0 Å². The van der Waals surface area contributed by atoms with Crippen LogP contribution in [0.4, 0.5) is 5.69 Å². The summed E-state index contributed by atoms with van der Waals surface area (Å²) in [7, 11) is 0. The summed E-state index contributed by atoms with van der Waals surface area (Å²) in [5.74, 6) is 1.06. The molecular weight excluding hydrogens is 222 g/mol. The molecule has 1 saturated heterocycles. The van der Waals surface area contributed by atoms with E-state index in [-0.39, 0.29) is 5.84 Å². The number of benzene rings is 1. The molecule has 1 heterocycles. The Hall–Kier alpha value is -1.51. The number of fused-ring (bicyclic) bond motifs is 1. The molecule has 2 atom stereocenters. The summed E-state index contributed by atoms with van der Waals surface area (Å²) >= 11 is 0. The Morgan fingerprint density at radius 2 is 1.83 bits per heavy atom. The lowest BCUT2D eigenvalue weighted by molar-refractivity contribution is 0.362. The lowest BCUT2D eigenvalue weighted by atomic mass is 9.91. The molecule has 18 heavy (non-hydrogen) atoms. The number of hydrogen-bond acceptors (Lipinski definition) is 2. The molecule has 3 nitrogen and oxygen atoms in total. The normalized spacial score (nSPS) is 27.0. The second-order valence-corrected chi connectivity index (χ2v) is 5.55. The fourth-order valence-corrected chi connectivity index (χ4v) is 3.61. The Morgan fingerprint density at radius 1 is 1.11 bits per heavy atom. The average Bonchev–Trinajstić information content (AvgIpc) is 2.87. The van der Waals surface area contributed by atoms with E-state index in [1.807, 2.05) is 12.1 Å². The van der Waals surface area contributed by atoms with Crippen molar-refractivity contribution in [2.75, 3.05) is 11.4 Å². The Balaban J connectivity index is 1.82. The van der Waals surface area contributed by atoms with E-state index >= 15 is 0 Å². The zero-order chi connectivity index (χ0) is 12.5. The third kappa shape index (κ3) is 1.98. The van der Waals surface area contributed by atoms with Crippen LogP contribution in [0.15, 0.2) is 24.3 Å². The van der Waals surface area contributed by atoms with Crippen LogP contribution < -0.4 is 10.6 Å². The van der Waals surface area contributed by atoms with Crippen LogP contribution in [0.25, 0.3) is 0 Å². The number of nitrogen functional groups attached to an aromatic ring is 1. The maximum atomic E-state index is 7.43. The van der Waals surface area contributed by atoms with Gasteiger partial charge in [0.1, 0.15) is 5.84 Å². The maximum absolute atomic E-state index is 7.43. The molecular formula is C15H21N3. The predicted molar refractivity (Wildman–Crippen MR) is 75.2 cm³/mol. The monoisotopic (exact) mass is 243 g/mol. The van der Waals surface area contributed by atoms with Crippen molar-refractivity contribution in [3.8, 4) is 0 Å². The van der Waals surface area contributed by atoms with E-state index in [4.69, 9.17) is 11.1 Å². The number of piperidine rings is 1. The van der Waals surface area contributed by atoms with Crippen molar-refractivity contribution in [3.05, 3.63) is 29.8 Å². The third-order valence-corrected chi connectivity index (χ3v) is 4.50.